The molecule has 0 heterocycles. The average Bonchev–Trinajstić information content (AvgIpc) is 2.46. The number of benzene rings is 2. The molecule has 0 bridgehead atoms. The Morgan fingerprint density at radius 1 is 1.05 bits per heavy atom. The van der Waals surface area contributed by atoms with Crippen LogP contribution < -0.4 is 5.01 Å². The third-order valence-corrected chi connectivity index (χ3v) is 2.78. The van der Waals surface area contributed by atoms with Crippen molar-refractivity contribution < 1.29 is 0 Å². The van der Waals surface area contributed by atoms with E-state index in [-0.39, 0.29) is 0 Å². The lowest BCUT2D eigenvalue weighted by Gasteiger charge is -2.16. The highest BCUT2D eigenvalue weighted by atomic mass is 15.4. The molecule has 2 nitrogen and oxygen atoms in total. The van der Waals surface area contributed by atoms with Crippen LogP contribution in [0.5, 0.6) is 0 Å². The molecule has 0 radical (unpaired) electrons. The first-order valence-electron chi connectivity index (χ1n) is 6.34. The van der Waals surface area contributed by atoms with Gasteiger partial charge in [0.2, 0.25) is 0 Å². The maximum atomic E-state index is 4.52. The summed E-state index contributed by atoms with van der Waals surface area (Å²) >= 11 is 0. The molecule has 2 aromatic rings. The highest BCUT2D eigenvalue weighted by Gasteiger charge is 2.00. The van der Waals surface area contributed by atoms with E-state index in [1.54, 1.807) is 0 Å². The number of para-hydroxylation sites is 1. The zero-order chi connectivity index (χ0) is 13.5. The van der Waals surface area contributed by atoms with Gasteiger partial charge in [0.05, 0.1) is 18.4 Å². The summed E-state index contributed by atoms with van der Waals surface area (Å²) in [6.07, 6.45) is 3.72. The third kappa shape index (κ3) is 3.81. The van der Waals surface area contributed by atoms with Gasteiger partial charge < -0.3 is 0 Å². The molecule has 0 N–H and O–H groups in total. The van der Waals surface area contributed by atoms with E-state index in [0.717, 1.165) is 11.3 Å². The van der Waals surface area contributed by atoms with E-state index in [1.165, 1.54) is 5.56 Å². The summed E-state index contributed by atoms with van der Waals surface area (Å²) in [4.78, 5) is 0. The Morgan fingerprint density at radius 2 is 1.74 bits per heavy atom. The predicted octanol–water partition coefficient (Wildman–Crippen LogP) is 4.02. The van der Waals surface area contributed by atoms with Crippen molar-refractivity contribution in [3.63, 3.8) is 0 Å². The van der Waals surface area contributed by atoms with Crippen molar-refractivity contribution in [1.29, 1.82) is 0 Å². The minimum Gasteiger partial charge on any atom is -0.262 e. The summed E-state index contributed by atoms with van der Waals surface area (Å²) in [6.45, 7) is 6.54. The SMILES string of the molecule is C=CCN(/N=C/c1ccc(C)cc1)c1ccccc1. The molecule has 0 aromatic heterocycles. The Kier molecular flexibility index (Phi) is 4.51. The fraction of sp³-hybridized carbons (Fsp3) is 0.118. The van der Waals surface area contributed by atoms with Gasteiger partial charge in [0.15, 0.2) is 0 Å². The van der Waals surface area contributed by atoms with E-state index in [0.29, 0.717) is 6.54 Å². The van der Waals surface area contributed by atoms with Gasteiger partial charge in [0.1, 0.15) is 0 Å². The molecule has 2 aromatic carbocycles. The Balaban J connectivity index is 2.17. The zero-order valence-corrected chi connectivity index (χ0v) is 11.2. The molecule has 96 valence electrons. The largest absolute Gasteiger partial charge is 0.262 e. The second kappa shape index (κ2) is 6.55. The first kappa shape index (κ1) is 13.1. The van der Waals surface area contributed by atoms with Gasteiger partial charge >= 0.3 is 0 Å². The van der Waals surface area contributed by atoms with Gasteiger partial charge in [-0.1, -0.05) is 54.1 Å². The van der Waals surface area contributed by atoms with Crippen molar-refractivity contribution in [2.75, 3.05) is 11.6 Å². The van der Waals surface area contributed by atoms with Crippen molar-refractivity contribution in [3.05, 3.63) is 78.4 Å². The van der Waals surface area contributed by atoms with Crippen LogP contribution in [0.25, 0.3) is 0 Å². The fourth-order valence-corrected chi connectivity index (χ4v) is 1.73. The van der Waals surface area contributed by atoms with Crippen LogP contribution in [0.1, 0.15) is 11.1 Å². The van der Waals surface area contributed by atoms with Crippen LogP contribution in [0, 0.1) is 6.92 Å². The Hall–Kier alpha value is -2.35. The molecule has 2 rings (SSSR count). The van der Waals surface area contributed by atoms with Crippen LogP contribution in [0.4, 0.5) is 5.69 Å². The summed E-state index contributed by atoms with van der Waals surface area (Å²) in [5.41, 5.74) is 3.41. The number of anilines is 1. The number of nitrogens with zero attached hydrogens (tertiary/aromatic N) is 2. The van der Waals surface area contributed by atoms with Crippen LogP contribution in [-0.2, 0) is 0 Å². The number of hydrogen-bond acceptors (Lipinski definition) is 2. The number of hydrazone groups is 1. The maximum absolute atomic E-state index is 4.52. The van der Waals surface area contributed by atoms with Gasteiger partial charge in [-0.3, -0.25) is 5.01 Å². The van der Waals surface area contributed by atoms with Crippen LogP contribution in [-0.4, -0.2) is 12.8 Å². The average molecular weight is 250 g/mol. The maximum Gasteiger partial charge on any atom is 0.0597 e. The van der Waals surface area contributed by atoms with Gasteiger partial charge in [-0.25, -0.2) is 0 Å². The van der Waals surface area contributed by atoms with E-state index in [1.807, 2.05) is 47.6 Å². The number of hydrogen-bond donors (Lipinski definition) is 0. The molecule has 0 aliphatic heterocycles. The van der Waals surface area contributed by atoms with Crippen LogP contribution >= 0.6 is 0 Å². The molecule has 0 aliphatic carbocycles. The molecular weight excluding hydrogens is 232 g/mol. The fourth-order valence-electron chi connectivity index (χ4n) is 1.73. The van der Waals surface area contributed by atoms with Crippen molar-refractivity contribution in [1.82, 2.24) is 0 Å². The quantitative estimate of drug-likeness (QED) is 0.444. The molecular formula is C17H18N2. The molecule has 0 saturated carbocycles. The zero-order valence-electron chi connectivity index (χ0n) is 11.2. The minimum atomic E-state index is 0.687. The summed E-state index contributed by atoms with van der Waals surface area (Å²) in [6, 6.07) is 18.4. The van der Waals surface area contributed by atoms with E-state index in [2.05, 4.69) is 42.9 Å². The first-order valence-corrected chi connectivity index (χ1v) is 6.34. The standard InChI is InChI=1S/C17H18N2/c1-3-13-19(17-7-5-4-6-8-17)18-14-16-11-9-15(2)10-12-16/h3-12,14H,1,13H2,2H3/b18-14+. The highest BCUT2D eigenvalue weighted by molar-refractivity contribution is 5.80. The van der Waals surface area contributed by atoms with Gasteiger partial charge in [-0.05, 0) is 24.6 Å². The molecule has 0 saturated heterocycles. The molecule has 0 spiro atoms. The minimum absolute atomic E-state index is 0.687. The van der Waals surface area contributed by atoms with Gasteiger partial charge in [-0.2, -0.15) is 5.10 Å². The van der Waals surface area contributed by atoms with Crippen molar-refractivity contribution in [2.24, 2.45) is 5.10 Å². The second-order valence-corrected chi connectivity index (χ2v) is 4.36. The first-order chi connectivity index (χ1) is 9.29. The van der Waals surface area contributed by atoms with E-state index >= 15 is 0 Å². The number of aryl methyl sites for hydroxylation is 1. The normalized spacial score (nSPS) is 10.6. The van der Waals surface area contributed by atoms with Crippen LogP contribution in [0.3, 0.4) is 0 Å². The van der Waals surface area contributed by atoms with Gasteiger partial charge in [0.25, 0.3) is 0 Å². The predicted molar refractivity (Wildman–Crippen MR) is 82.8 cm³/mol. The smallest absolute Gasteiger partial charge is 0.0597 e. The Morgan fingerprint density at radius 3 is 2.37 bits per heavy atom. The molecule has 0 amide bonds. The van der Waals surface area contributed by atoms with E-state index in [4.69, 9.17) is 0 Å². The van der Waals surface area contributed by atoms with Crippen molar-refractivity contribution in [2.45, 2.75) is 6.92 Å². The van der Waals surface area contributed by atoms with Crippen molar-refractivity contribution >= 4 is 11.9 Å². The summed E-state index contributed by atoms with van der Waals surface area (Å²) in [7, 11) is 0. The lowest BCUT2D eigenvalue weighted by Crippen LogP contribution is -2.16. The van der Waals surface area contributed by atoms with Gasteiger partial charge in [-0.15, -0.1) is 6.58 Å². The van der Waals surface area contributed by atoms with E-state index in [9.17, 15) is 0 Å². The van der Waals surface area contributed by atoms with E-state index < -0.39 is 0 Å². The summed E-state index contributed by atoms with van der Waals surface area (Å²) in [5.74, 6) is 0. The second-order valence-electron chi connectivity index (χ2n) is 4.36. The Labute approximate surface area is 114 Å². The lowest BCUT2D eigenvalue weighted by molar-refractivity contribution is 0.947. The van der Waals surface area contributed by atoms with Crippen LogP contribution in [0.15, 0.2) is 72.4 Å². The molecule has 0 unspecified atom stereocenters. The highest BCUT2D eigenvalue weighted by Crippen LogP contribution is 2.13. The third-order valence-electron chi connectivity index (χ3n) is 2.78. The molecule has 0 atom stereocenters. The molecule has 2 heteroatoms. The summed E-state index contributed by atoms with van der Waals surface area (Å²) in [5, 5.41) is 6.44. The topological polar surface area (TPSA) is 15.6 Å². The Bertz CT molecular complexity index is 541. The summed E-state index contributed by atoms with van der Waals surface area (Å²) < 4.78 is 0. The number of rotatable bonds is 5. The lowest BCUT2D eigenvalue weighted by atomic mass is 10.2. The molecule has 19 heavy (non-hydrogen) atoms. The molecule has 0 aliphatic rings. The monoisotopic (exact) mass is 250 g/mol. The van der Waals surface area contributed by atoms with Gasteiger partial charge in [0, 0.05) is 0 Å². The van der Waals surface area contributed by atoms with Crippen molar-refractivity contribution in [3.8, 4) is 0 Å². The van der Waals surface area contributed by atoms with Crippen LogP contribution in [0.2, 0.25) is 0 Å². The molecule has 0 fully saturated rings.